The van der Waals surface area contributed by atoms with E-state index in [1.165, 1.54) is 0 Å². The first-order valence-corrected chi connectivity index (χ1v) is 6.49. The summed E-state index contributed by atoms with van der Waals surface area (Å²) < 4.78 is 0. The van der Waals surface area contributed by atoms with Gasteiger partial charge in [-0.15, -0.1) is 0 Å². The Morgan fingerprint density at radius 2 is 1.89 bits per heavy atom. The molecule has 19 heavy (non-hydrogen) atoms. The molecule has 7 nitrogen and oxygen atoms in total. The fourth-order valence-corrected chi connectivity index (χ4v) is 2.69. The predicted octanol–water partition coefficient (Wildman–Crippen LogP) is -0.880. The summed E-state index contributed by atoms with van der Waals surface area (Å²) in [4.78, 5) is 28.2. The van der Waals surface area contributed by atoms with E-state index in [9.17, 15) is 14.7 Å². The molecule has 0 aromatic carbocycles. The first-order chi connectivity index (χ1) is 8.88. The lowest BCUT2D eigenvalue weighted by Gasteiger charge is -2.40. The Morgan fingerprint density at radius 1 is 1.26 bits per heavy atom. The lowest BCUT2D eigenvalue weighted by Crippen LogP contribution is -2.58. The third-order valence-corrected chi connectivity index (χ3v) is 3.72. The molecule has 2 N–H and O–H groups in total. The number of nitrogens with zero attached hydrogens (tertiary/aromatic N) is 3. The molecular weight excluding hydrogens is 250 g/mol. The third kappa shape index (κ3) is 2.98. The summed E-state index contributed by atoms with van der Waals surface area (Å²) in [5, 5.41) is 18.5. The minimum Gasteiger partial charge on any atom is -0.481 e. The number of aliphatic hydroxyl groups is 1. The van der Waals surface area contributed by atoms with Crippen LogP contribution >= 0.6 is 0 Å². The smallest absolute Gasteiger partial charge is 0.320 e. The topological polar surface area (TPSA) is 84.3 Å². The summed E-state index contributed by atoms with van der Waals surface area (Å²) in [6.45, 7) is 1.59. The number of aliphatic hydroxyl groups excluding tert-OH is 1. The highest BCUT2D eigenvalue weighted by molar-refractivity contribution is 5.80. The van der Waals surface area contributed by atoms with Crippen molar-refractivity contribution in [3.63, 3.8) is 0 Å². The highest BCUT2D eigenvalue weighted by Gasteiger charge is 2.42. The van der Waals surface area contributed by atoms with E-state index in [0.29, 0.717) is 19.5 Å². The van der Waals surface area contributed by atoms with Gasteiger partial charge in [0.2, 0.25) is 0 Å². The molecule has 2 aliphatic heterocycles. The molecule has 108 valence electrons. The van der Waals surface area contributed by atoms with Crippen molar-refractivity contribution in [3.8, 4) is 0 Å². The second kappa shape index (κ2) is 5.34. The van der Waals surface area contributed by atoms with Crippen molar-refractivity contribution in [2.24, 2.45) is 5.92 Å². The minimum atomic E-state index is -0.852. The SMILES string of the molecule is CN(C)CC1CC(O)CN1C(=O)N1CC(C(=O)O)C1. The van der Waals surface area contributed by atoms with Crippen molar-refractivity contribution in [2.75, 3.05) is 40.3 Å². The second-order valence-corrected chi connectivity index (χ2v) is 5.68. The molecule has 2 amide bonds. The minimum absolute atomic E-state index is 0.00128. The van der Waals surface area contributed by atoms with E-state index in [2.05, 4.69) is 0 Å². The Bertz CT molecular complexity index is 368. The molecule has 7 heteroatoms. The van der Waals surface area contributed by atoms with Gasteiger partial charge < -0.3 is 24.9 Å². The molecule has 0 saturated carbocycles. The number of carboxylic acids is 1. The summed E-state index contributed by atoms with van der Waals surface area (Å²) in [7, 11) is 3.86. The van der Waals surface area contributed by atoms with Gasteiger partial charge in [0.1, 0.15) is 0 Å². The molecule has 2 aliphatic rings. The number of carbonyl (C=O) groups is 2. The van der Waals surface area contributed by atoms with Gasteiger partial charge in [-0.05, 0) is 20.5 Å². The van der Waals surface area contributed by atoms with E-state index in [1.807, 2.05) is 19.0 Å². The van der Waals surface area contributed by atoms with Gasteiger partial charge in [-0.2, -0.15) is 0 Å². The standard InChI is InChI=1S/C12H21N3O4/c1-13(2)6-9-3-10(16)7-15(9)12(19)14-4-8(5-14)11(17)18/h8-10,16H,3-7H2,1-2H3,(H,17,18). The zero-order valence-electron chi connectivity index (χ0n) is 11.3. The molecule has 0 aliphatic carbocycles. The molecule has 0 aromatic rings. The molecule has 2 fully saturated rings. The summed E-state index contributed by atoms with van der Waals surface area (Å²) in [5.74, 6) is -1.29. The molecule has 0 aromatic heterocycles. The van der Waals surface area contributed by atoms with Crippen molar-refractivity contribution in [1.29, 1.82) is 0 Å². The normalized spacial score (nSPS) is 27.8. The highest BCUT2D eigenvalue weighted by atomic mass is 16.4. The number of rotatable bonds is 3. The molecular formula is C12H21N3O4. The van der Waals surface area contributed by atoms with Crippen LogP contribution in [0.15, 0.2) is 0 Å². The summed E-state index contributed by atoms with van der Waals surface area (Å²) in [6, 6.07) is -0.151. The Kier molecular flexibility index (Phi) is 3.96. The van der Waals surface area contributed by atoms with Crippen LogP contribution in [0.4, 0.5) is 4.79 Å². The van der Waals surface area contributed by atoms with Gasteiger partial charge in [-0.25, -0.2) is 4.79 Å². The quantitative estimate of drug-likeness (QED) is 0.696. The largest absolute Gasteiger partial charge is 0.481 e. The van der Waals surface area contributed by atoms with E-state index >= 15 is 0 Å². The van der Waals surface area contributed by atoms with Gasteiger partial charge >= 0.3 is 12.0 Å². The molecule has 2 unspecified atom stereocenters. The fourth-order valence-electron chi connectivity index (χ4n) is 2.69. The van der Waals surface area contributed by atoms with Crippen molar-refractivity contribution >= 4 is 12.0 Å². The van der Waals surface area contributed by atoms with Crippen LogP contribution in [0.25, 0.3) is 0 Å². The van der Waals surface area contributed by atoms with Crippen LogP contribution in [0.2, 0.25) is 0 Å². The monoisotopic (exact) mass is 271 g/mol. The summed E-state index contributed by atoms with van der Waals surface area (Å²) in [6.07, 6.45) is 0.102. The van der Waals surface area contributed by atoms with Crippen molar-refractivity contribution < 1.29 is 19.8 Å². The Hall–Kier alpha value is -1.34. The average molecular weight is 271 g/mol. The number of aliphatic carboxylic acids is 1. The zero-order valence-corrected chi connectivity index (χ0v) is 11.3. The number of urea groups is 1. The molecule has 2 heterocycles. The molecule has 2 rings (SSSR count). The lowest BCUT2D eigenvalue weighted by atomic mass is 10.0. The van der Waals surface area contributed by atoms with E-state index in [-0.39, 0.29) is 25.2 Å². The average Bonchev–Trinajstić information content (AvgIpc) is 2.55. The number of β-amino-alcohol motifs (C(OH)–C–C–N with tert-alkyl or cyclic N) is 1. The van der Waals surface area contributed by atoms with Crippen molar-refractivity contribution in [3.05, 3.63) is 0 Å². The zero-order chi connectivity index (χ0) is 14.2. The van der Waals surface area contributed by atoms with Crippen LogP contribution in [0.3, 0.4) is 0 Å². The number of hydrogen-bond donors (Lipinski definition) is 2. The number of hydrogen-bond acceptors (Lipinski definition) is 4. The number of likely N-dealkylation sites (N-methyl/N-ethyl adjacent to an activating group) is 1. The first-order valence-electron chi connectivity index (χ1n) is 6.49. The van der Waals surface area contributed by atoms with E-state index in [1.54, 1.807) is 9.80 Å². The van der Waals surface area contributed by atoms with Crippen molar-refractivity contribution in [2.45, 2.75) is 18.6 Å². The van der Waals surface area contributed by atoms with Crippen LogP contribution in [0, 0.1) is 5.92 Å². The second-order valence-electron chi connectivity index (χ2n) is 5.68. The van der Waals surface area contributed by atoms with Crippen LogP contribution in [0.5, 0.6) is 0 Å². The third-order valence-electron chi connectivity index (χ3n) is 3.72. The maximum Gasteiger partial charge on any atom is 0.320 e. The maximum absolute atomic E-state index is 12.3. The predicted molar refractivity (Wildman–Crippen MR) is 67.8 cm³/mol. The molecule has 0 bridgehead atoms. The number of likely N-dealkylation sites (tertiary alicyclic amines) is 2. The molecule has 0 radical (unpaired) electrons. The van der Waals surface area contributed by atoms with Crippen LogP contribution < -0.4 is 0 Å². The first kappa shape index (κ1) is 14.1. The number of carboxylic acid groups (broad SMARTS) is 1. The Morgan fingerprint density at radius 3 is 2.42 bits per heavy atom. The van der Waals surface area contributed by atoms with Gasteiger partial charge in [0.25, 0.3) is 0 Å². The van der Waals surface area contributed by atoms with Crippen LogP contribution in [-0.4, -0.2) is 89.3 Å². The molecule has 0 spiro atoms. The van der Waals surface area contributed by atoms with E-state index in [4.69, 9.17) is 5.11 Å². The number of amides is 2. The lowest BCUT2D eigenvalue weighted by molar-refractivity contribution is -0.146. The highest BCUT2D eigenvalue weighted by Crippen LogP contribution is 2.24. The summed E-state index contributed by atoms with van der Waals surface area (Å²) in [5.41, 5.74) is 0. The Labute approximate surface area is 112 Å². The van der Waals surface area contributed by atoms with Gasteiger partial charge in [-0.3, -0.25) is 4.79 Å². The molecule has 2 saturated heterocycles. The van der Waals surface area contributed by atoms with Crippen molar-refractivity contribution in [1.82, 2.24) is 14.7 Å². The van der Waals surface area contributed by atoms with Crippen LogP contribution in [-0.2, 0) is 4.79 Å². The van der Waals surface area contributed by atoms with Gasteiger partial charge in [0.05, 0.1) is 12.0 Å². The summed E-state index contributed by atoms with van der Waals surface area (Å²) >= 11 is 0. The molecule has 2 atom stereocenters. The Balaban J connectivity index is 1.92. The van der Waals surface area contributed by atoms with Crippen LogP contribution in [0.1, 0.15) is 6.42 Å². The van der Waals surface area contributed by atoms with Gasteiger partial charge in [0, 0.05) is 32.2 Å². The number of carbonyl (C=O) groups excluding carboxylic acids is 1. The van der Waals surface area contributed by atoms with E-state index in [0.717, 1.165) is 0 Å². The van der Waals surface area contributed by atoms with Gasteiger partial charge in [-0.1, -0.05) is 0 Å². The maximum atomic E-state index is 12.3. The fraction of sp³-hybridized carbons (Fsp3) is 0.833. The van der Waals surface area contributed by atoms with Gasteiger partial charge in [0.15, 0.2) is 0 Å². The van der Waals surface area contributed by atoms with E-state index < -0.39 is 18.0 Å².